The minimum atomic E-state index is -1.16. The third-order valence-corrected chi connectivity index (χ3v) is 6.42. The first kappa shape index (κ1) is 19.7. The van der Waals surface area contributed by atoms with Crippen molar-refractivity contribution in [2.24, 2.45) is 5.92 Å². The van der Waals surface area contributed by atoms with Gasteiger partial charge in [0.2, 0.25) is 0 Å². The lowest BCUT2D eigenvalue weighted by molar-refractivity contribution is -0.148. The van der Waals surface area contributed by atoms with Gasteiger partial charge in [-0.2, -0.15) is 0 Å². The van der Waals surface area contributed by atoms with Crippen LogP contribution in [-0.4, -0.2) is 79.7 Å². The highest BCUT2D eigenvalue weighted by Crippen LogP contribution is 2.53. The number of hydrogen-bond acceptors (Lipinski definition) is 5. The number of nitrogens with zero attached hydrogens (tertiary/aromatic N) is 3. The molecule has 3 aliphatic rings. The molecule has 29 heavy (non-hydrogen) atoms. The van der Waals surface area contributed by atoms with Crippen molar-refractivity contribution in [2.45, 2.75) is 25.3 Å². The highest BCUT2D eigenvalue weighted by atomic mass is 16.5. The first-order valence-electron chi connectivity index (χ1n) is 10.1. The third kappa shape index (κ3) is 2.88. The predicted molar refractivity (Wildman–Crippen MR) is 106 cm³/mol. The Balaban J connectivity index is 1.80. The first-order chi connectivity index (χ1) is 13.9. The lowest BCUT2D eigenvalue weighted by atomic mass is 9.72. The van der Waals surface area contributed by atoms with E-state index < -0.39 is 17.4 Å². The van der Waals surface area contributed by atoms with Crippen LogP contribution < -0.4 is 4.90 Å². The molecule has 3 heterocycles. The molecule has 0 N–H and O–H groups in total. The van der Waals surface area contributed by atoms with Gasteiger partial charge in [-0.25, -0.2) is 4.79 Å². The van der Waals surface area contributed by atoms with Gasteiger partial charge >= 0.3 is 12.0 Å². The number of likely N-dealkylation sites (tertiary alicyclic amines) is 1. The van der Waals surface area contributed by atoms with Crippen LogP contribution in [0.5, 0.6) is 0 Å². The molecular formula is C21H27N3O5. The molecular weight excluding hydrogens is 374 g/mol. The van der Waals surface area contributed by atoms with Crippen molar-refractivity contribution in [3.63, 3.8) is 0 Å². The summed E-state index contributed by atoms with van der Waals surface area (Å²) in [5, 5.41) is 0. The molecule has 0 spiro atoms. The molecule has 3 amide bonds. The number of carbonyl (C=O) groups excluding carboxylic acids is 3. The number of para-hydroxylation sites is 1. The van der Waals surface area contributed by atoms with Crippen molar-refractivity contribution >= 4 is 23.6 Å². The maximum Gasteiger partial charge on any atom is 0.321 e. The highest BCUT2D eigenvalue weighted by Gasteiger charge is 2.63. The number of hydrogen-bond donors (Lipinski definition) is 0. The van der Waals surface area contributed by atoms with Gasteiger partial charge in [-0.05, 0) is 25.5 Å². The van der Waals surface area contributed by atoms with Gasteiger partial charge in [0.25, 0.3) is 5.91 Å². The van der Waals surface area contributed by atoms with Crippen molar-refractivity contribution < 1.29 is 23.9 Å². The molecule has 8 heteroatoms. The van der Waals surface area contributed by atoms with Gasteiger partial charge in [-0.3, -0.25) is 9.59 Å². The lowest BCUT2D eigenvalue weighted by Crippen LogP contribution is -2.63. The molecule has 2 saturated heterocycles. The van der Waals surface area contributed by atoms with E-state index in [1.54, 1.807) is 35.6 Å². The highest BCUT2D eigenvalue weighted by molar-refractivity contribution is 6.07. The van der Waals surface area contributed by atoms with Crippen LogP contribution >= 0.6 is 0 Å². The van der Waals surface area contributed by atoms with Crippen LogP contribution in [0.15, 0.2) is 24.3 Å². The number of likely N-dealkylation sites (N-methyl/N-ethyl adjacent to an activating group) is 1. The normalized spacial score (nSPS) is 28.8. The monoisotopic (exact) mass is 401 g/mol. The number of benzene rings is 1. The molecule has 8 nitrogen and oxygen atoms in total. The molecule has 4 rings (SSSR count). The van der Waals surface area contributed by atoms with E-state index >= 15 is 0 Å². The number of ether oxygens (including phenoxy) is 2. The van der Waals surface area contributed by atoms with Crippen molar-refractivity contribution in [3.05, 3.63) is 29.8 Å². The van der Waals surface area contributed by atoms with E-state index in [4.69, 9.17) is 9.47 Å². The van der Waals surface area contributed by atoms with Crippen LogP contribution in [-0.2, 0) is 19.1 Å². The maximum atomic E-state index is 13.6. The van der Waals surface area contributed by atoms with E-state index in [0.717, 1.165) is 11.3 Å². The van der Waals surface area contributed by atoms with E-state index in [9.17, 15) is 14.4 Å². The Hall–Kier alpha value is -2.61. The van der Waals surface area contributed by atoms with Gasteiger partial charge in [0.05, 0.1) is 25.7 Å². The molecule has 3 atom stereocenters. The average Bonchev–Trinajstić information content (AvgIpc) is 3.07. The van der Waals surface area contributed by atoms with Gasteiger partial charge in [0, 0.05) is 38.3 Å². The summed E-state index contributed by atoms with van der Waals surface area (Å²) in [6, 6.07) is 7.36. The maximum absolute atomic E-state index is 13.6. The van der Waals surface area contributed by atoms with Gasteiger partial charge in [0.1, 0.15) is 5.54 Å². The van der Waals surface area contributed by atoms with Crippen LogP contribution in [0.4, 0.5) is 10.5 Å². The number of fused-ring (bicyclic) bond motifs is 3. The minimum Gasteiger partial charge on any atom is -0.466 e. The molecule has 0 unspecified atom stereocenters. The van der Waals surface area contributed by atoms with Gasteiger partial charge in [-0.15, -0.1) is 0 Å². The van der Waals surface area contributed by atoms with Crippen molar-refractivity contribution in [1.82, 2.24) is 9.80 Å². The number of morpholine rings is 1. The molecule has 0 bridgehead atoms. The second kappa shape index (κ2) is 7.33. The van der Waals surface area contributed by atoms with Crippen LogP contribution in [0, 0.1) is 5.92 Å². The van der Waals surface area contributed by atoms with Crippen molar-refractivity contribution in [2.75, 3.05) is 51.4 Å². The number of esters is 1. The Labute approximate surface area is 170 Å². The zero-order valence-corrected chi connectivity index (χ0v) is 17.1. The standard InChI is InChI=1S/C21H27N3O5/c1-4-29-18(25)15-13-24(20(27)23-9-11-28-12-10-23)21(2)17(15)14-7-5-6-8-16(14)22(3)19(21)26/h5-8,15,17H,4,9-13H2,1-3H3/t15-,17+,21-/m0/s1. The summed E-state index contributed by atoms with van der Waals surface area (Å²) in [6.07, 6.45) is 0. The Morgan fingerprint density at radius 3 is 2.62 bits per heavy atom. The van der Waals surface area contributed by atoms with Gasteiger partial charge in [0.15, 0.2) is 0 Å². The van der Waals surface area contributed by atoms with E-state index in [1.807, 2.05) is 24.3 Å². The van der Waals surface area contributed by atoms with E-state index in [0.29, 0.717) is 26.3 Å². The molecule has 3 aliphatic heterocycles. The SMILES string of the molecule is CCOC(=O)[C@H]1CN(C(=O)N2CCOCC2)[C@]2(C)C(=O)N(C)c3ccccc3[C@H]12. The summed E-state index contributed by atoms with van der Waals surface area (Å²) in [4.78, 5) is 44.7. The number of urea groups is 1. The zero-order chi connectivity index (χ0) is 20.8. The second-order valence-corrected chi connectivity index (χ2v) is 7.90. The quantitative estimate of drug-likeness (QED) is 0.701. The Morgan fingerprint density at radius 1 is 1.24 bits per heavy atom. The summed E-state index contributed by atoms with van der Waals surface area (Å²) in [5.41, 5.74) is 0.512. The largest absolute Gasteiger partial charge is 0.466 e. The minimum absolute atomic E-state index is 0.157. The fourth-order valence-electron chi connectivity index (χ4n) is 4.99. The van der Waals surface area contributed by atoms with Crippen molar-refractivity contribution in [1.29, 1.82) is 0 Å². The predicted octanol–water partition coefficient (Wildman–Crippen LogP) is 1.45. The summed E-state index contributed by atoms with van der Waals surface area (Å²) >= 11 is 0. The van der Waals surface area contributed by atoms with Crippen molar-refractivity contribution in [3.8, 4) is 0 Å². The average molecular weight is 401 g/mol. The topological polar surface area (TPSA) is 79.4 Å². The summed E-state index contributed by atoms with van der Waals surface area (Å²) in [7, 11) is 1.72. The molecule has 0 aromatic heterocycles. The van der Waals surface area contributed by atoms with Crippen LogP contribution in [0.25, 0.3) is 0 Å². The number of rotatable bonds is 2. The zero-order valence-electron chi connectivity index (χ0n) is 17.1. The van der Waals surface area contributed by atoms with Crippen LogP contribution in [0.2, 0.25) is 0 Å². The molecule has 0 saturated carbocycles. The number of carbonyl (C=O) groups is 3. The van der Waals surface area contributed by atoms with Gasteiger partial charge in [-0.1, -0.05) is 18.2 Å². The Bertz CT molecular complexity index is 837. The first-order valence-corrected chi connectivity index (χ1v) is 10.1. The smallest absolute Gasteiger partial charge is 0.321 e. The van der Waals surface area contributed by atoms with E-state index in [2.05, 4.69) is 0 Å². The van der Waals surface area contributed by atoms with Crippen LogP contribution in [0.1, 0.15) is 25.3 Å². The molecule has 156 valence electrons. The number of amides is 3. The fourth-order valence-corrected chi connectivity index (χ4v) is 4.99. The summed E-state index contributed by atoms with van der Waals surface area (Å²) in [6.45, 7) is 5.84. The van der Waals surface area contributed by atoms with Crippen LogP contribution in [0.3, 0.4) is 0 Å². The second-order valence-electron chi connectivity index (χ2n) is 7.90. The number of anilines is 1. The van der Waals surface area contributed by atoms with E-state index in [1.165, 1.54) is 0 Å². The summed E-state index contributed by atoms with van der Waals surface area (Å²) in [5.74, 6) is -1.60. The fraction of sp³-hybridized carbons (Fsp3) is 0.571. The molecule has 2 fully saturated rings. The molecule has 1 aromatic rings. The molecule has 0 radical (unpaired) electrons. The summed E-state index contributed by atoms with van der Waals surface area (Å²) < 4.78 is 10.7. The van der Waals surface area contributed by atoms with E-state index in [-0.39, 0.29) is 31.1 Å². The van der Waals surface area contributed by atoms with Gasteiger partial charge < -0.3 is 24.2 Å². The lowest BCUT2D eigenvalue weighted by Gasteiger charge is -2.46. The molecule has 0 aliphatic carbocycles. The third-order valence-electron chi connectivity index (χ3n) is 6.42. The molecule has 1 aromatic carbocycles. The Morgan fingerprint density at radius 2 is 1.93 bits per heavy atom. The Kier molecular flexibility index (Phi) is 4.98.